The summed E-state index contributed by atoms with van der Waals surface area (Å²) < 4.78 is 0. The van der Waals surface area contributed by atoms with Gasteiger partial charge in [-0.1, -0.05) is 6.92 Å². The fourth-order valence-electron chi connectivity index (χ4n) is 1.52. The summed E-state index contributed by atoms with van der Waals surface area (Å²) in [5.41, 5.74) is 5.61. The number of rotatable bonds is 2. The summed E-state index contributed by atoms with van der Waals surface area (Å²) in [4.78, 5) is 14.9. The minimum Gasteiger partial charge on any atom is -0.387 e. The van der Waals surface area contributed by atoms with Crippen molar-refractivity contribution in [2.24, 2.45) is 22.6 Å². The molecule has 1 rings (SSSR count). The summed E-state index contributed by atoms with van der Waals surface area (Å²) in [6, 6.07) is 0. The Morgan fingerprint density at radius 2 is 2.46 bits per heavy atom. The van der Waals surface area contributed by atoms with Gasteiger partial charge in [-0.2, -0.15) is 0 Å². The zero-order chi connectivity index (χ0) is 9.84. The van der Waals surface area contributed by atoms with Gasteiger partial charge in [0.05, 0.1) is 5.84 Å². The lowest BCUT2D eigenvalue weighted by Gasteiger charge is -2.26. The number of carbonyl (C=O) groups is 1. The third kappa shape index (κ3) is 3.05. The smallest absolute Gasteiger partial charge is 0.216 e. The quantitative estimate of drug-likeness (QED) is 0.639. The van der Waals surface area contributed by atoms with Gasteiger partial charge in [0, 0.05) is 26.4 Å². The van der Waals surface area contributed by atoms with Gasteiger partial charge in [0.25, 0.3) is 0 Å². The average molecular weight is 183 g/mol. The third-order valence-electron chi connectivity index (χ3n) is 2.48. The van der Waals surface area contributed by atoms with Crippen LogP contribution in [-0.4, -0.2) is 24.8 Å². The monoisotopic (exact) mass is 183 g/mol. The molecule has 0 saturated carbocycles. The van der Waals surface area contributed by atoms with E-state index in [9.17, 15) is 4.79 Å². The predicted octanol–water partition coefficient (Wildman–Crippen LogP) is 0.136. The largest absolute Gasteiger partial charge is 0.387 e. The van der Waals surface area contributed by atoms with Crippen molar-refractivity contribution in [3.8, 4) is 0 Å². The molecule has 0 aromatic rings. The highest BCUT2D eigenvalue weighted by Crippen LogP contribution is 2.19. The Balaban J connectivity index is 2.39. The molecule has 0 aromatic carbocycles. The molecule has 0 aliphatic carbocycles. The maximum Gasteiger partial charge on any atom is 0.216 e. The van der Waals surface area contributed by atoms with Crippen LogP contribution in [0.1, 0.15) is 20.3 Å². The SMILES string of the molecule is CC(=O)NCC1CN=C(N)CC1C. The molecule has 3 N–H and O–H groups in total. The van der Waals surface area contributed by atoms with Crippen molar-refractivity contribution in [1.82, 2.24) is 5.32 Å². The summed E-state index contributed by atoms with van der Waals surface area (Å²) in [5, 5.41) is 2.81. The van der Waals surface area contributed by atoms with Gasteiger partial charge in [-0.05, 0) is 11.8 Å². The number of nitrogens with two attached hydrogens (primary N) is 1. The molecule has 4 heteroatoms. The van der Waals surface area contributed by atoms with E-state index in [1.54, 1.807) is 0 Å². The maximum atomic E-state index is 10.7. The molecule has 1 aliphatic rings. The van der Waals surface area contributed by atoms with E-state index in [0.29, 0.717) is 18.4 Å². The highest BCUT2D eigenvalue weighted by atomic mass is 16.1. The number of amides is 1. The first-order valence-electron chi connectivity index (χ1n) is 4.63. The molecule has 0 radical (unpaired) electrons. The van der Waals surface area contributed by atoms with Crippen LogP contribution in [0, 0.1) is 11.8 Å². The van der Waals surface area contributed by atoms with Crippen LogP contribution in [0.3, 0.4) is 0 Å². The fourth-order valence-corrected chi connectivity index (χ4v) is 1.52. The van der Waals surface area contributed by atoms with Crippen LogP contribution in [-0.2, 0) is 4.79 Å². The summed E-state index contributed by atoms with van der Waals surface area (Å²) in [6.07, 6.45) is 0.851. The Morgan fingerprint density at radius 3 is 3.00 bits per heavy atom. The van der Waals surface area contributed by atoms with Gasteiger partial charge in [-0.3, -0.25) is 9.79 Å². The van der Waals surface area contributed by atoms with Crippen LogP contribution < -0.4 is 11.1 Å². The molecule has 74 valence electrons. The molecule has 0 spiro atoms. The van der Waals surface area contributed by atoms with Crippen molar-refractivity contribution in [2.45, 2.75) is 20.3 Å². The van der Waals surface area contributed by atoms with Crippen LogP contribution in [0.5, 0.6) is 0 Å². The van der Waals surface area contributed by atoms with Gasteiger partial charge in [-0.25, -0.2) is 0 Å². The first-order valence-corrected chi connectivity index (χ1v) is 4.63. The minimum absolute atomic E-state index is 0.0229. The van der Waals surface area contributed by atoms with Gasteiger partial charge < -0.3 is 11.1 Å². The Kier molecular flexibility index (Phi) is 3.28. The van der Waals surface area contributed by atoms with Crippen LogP contribution >= 0.6 is 0 Å². The number of carbonyl (C=O) groups excluding carboxylic acids is 1. The molecule has 13 heavy (non-hydrogen) atoms. The predicted molar refractivity (Wildman–Crippen MR) is 52.4 cm³/mol. The molecule has 2 atom stereocenters. The normalized spacial score (nSPS) is 28.0. The number of nitrogens with zero attached hydrogens (tertiary/aromatic N) is 1. The molecule has 1 heterocycles. The Hall–Kier alpha value is -1.06. The summed E-state index contributed by atoms with van der Waals surface area (Å²) in [5.74, 6) is 1.72. The van der Waals surface area contributed by atoms with E-state index in [1.165, 1.54) is 6.92 Å². The second-order valence-electron chi connectivity index (χ2n) is 3.71. The van der Waals surface area contributed by atoms with Gasteiger partial charge in [0.1, 0.15) is 0 Å². The van der Waals surface area contributed by atoms with E-state index in [-0.39, 0.29) is 5.91 Å². The Bertz CT molecular complexity index is 225. The number of hydrogen-bond acceptors (Lipinski definition) is 3. The molecule has 4 nitrogen and oxygen atoms in total. The van der Waals surface area contributed by atoms with Crippen molar-refractivity contribution in [1.29, 1.82) is 0 Å². The van der Waals surface area contributed by atoms with E-state index in [2.05, 4.69) is 17.2 Å². The minimum atomic E-state index is 0.0229. The molecule has 0 fully saturated rings. The fraction of sp³-hybridized carbons (Fsp3) is 0.778. The topological polar surface area (TPSA) is 67.5 Å². The Morgan fingerprint density at radius 1 is 1.77 bits per heavy atom. The second-order valence-corrected chi connectivity index (χ2v) is 3.71. The molecule has 0 aromatic heterocycles. The van der Waals surface area contributed by atoms with E-state index < -0.39 is 0 Å². The van der Waals surface area contributed by atoms with Crippen molar-refractivity contribution in [2.75, 3.05) is 13.1 Å². The van der Waals surface area contributed by atoms with Gasteiger partial charge in [-0.15, -0.1) is 0 Å². The van der Waals surface area contributed by atoms with Crippen LogP contribution in [0.25, 0.3) is 0 Å². The molecular formula is C9H17N3O. The summed E-state index contributed by atoms with van der Waals surface area (Å²) >= 11 is 0. The Labute approximate surface area is 78.6 Å². The van der Waals surface area contributed by atoms with Crippen molar-refractivity contribution in [3.05, 3.63) is 0 Å². The van der Waals surface area contributed by atoms with E-state index in [0.717, 1.165) is 18.8 Å². The lowest BCUT2D eigenvalue weighted by atomic mass is 9.88. The number of amidine groups is 1. The lowest BCUT2D eigenvalue weighted by Crippen LogP contribution is -2.36. The molecular weight excluding hydrogens is 166 g/mol. The van der Waals surface area contributed by atoms with Gasteiger partial charge in [0.15, 0.2) is 0 Å². The van der Waals surface area contributed by atoms with Gasteiger partial charge in [0.2, 0.25) is 5.91 Å². The molecule has 1 aliphatic heterocycles. The van der Waals surface area contributed by atoms with Crippen LogP contribution in [0.4, 0.5) is 0 Å². The highest BCUT2D eigenvalue weighted by Gasteiger charge is 2.21. The van der Waals surface area contributed by atoms with Crippen LogP contribution in [0.2, 0.25) is 0 Å². The van der Waals surface area contributed by atoms with E-state index >= 15 is 0 Å². The van der Waals surface area contributed by atoms with E-state index in [1.807, 2.05) is 0 Å². The zero-order valence-corrected chi connectivity index (χ0v) is 8.21. The molecule has 1 amide bonds. The average Bonchev–Trinajstić information content (AvgIpc) is 2.02. The van der Waals surface area contributed by atoms with Crippen molar-refractivity contribution >= 4 is 11.7 Å². The van der Waals surface area contributed by atoms with Crippen molar-refractivity contribution < 1.29 is 4.79 Å². The third-order valence-corrected chi connectivity index (χ3v) is 2.48. The highest BCUT2D eigenvalue weighted by molar-refractivity contribution is 5.81. The summed E-state index contributed by atoms with van der Waals surface area (Å²) in [7, 11) is 0. The number of hydrogen-bond donors (Lipinski definition) is 2. The zero-order valence-electron chi connectivity index (χ0n) is 8.21. The van der Waals surface area contributed by atoms with Gasteiger partial charge >= 0.3 is 0 Å². The molecule has 0 bridgehead atoms. The van der Waals surface area contributed by atoms with Crippen molar-refractivity contribution in [3.63, 3.8) is 0 Å². The molecule has 0 saturated heterocycles. The first-order chi connectivity index (χ1) is 6.09. The summed E-state index contributed by atoms with van der Waals surface area (Å²) in [6.45, 7) is 5.14. The maximum absolute atomic E-state index is 10.7. The first kappa shape index (κ1) is 10.0. The molecule has 2 unspecified atom stereocenters. The van der Waals surface area contributed by atoms with E-state index in [4.69, 9.17) is 5.73 Å². The standard InChI is InChI=1S/C9H17N3O/c1-6-3-9(10)12-5-8(6)4-11-7(2)13/h6,8H,3-5H2,1-2H3,(H2,10,12)(H,11,13). The lowest BCUT2D eigenvalue weighted by molar-refractivity contribution is -0.119. The number of nitrogens with one attached hydrogen (secondary N) is 1. The number of aliphatic imine (C=N–C) groups is 1. The van der Waals surface area contributed by atoms with Crippen LogP contribution in [0.15, 0.2) is 4.99 Å². The second kappa shape index (κ2) is 4.25.